The van der Waals surface area contributed by atoms with Crippen LogP contribution in [-0.2, 0) is 29.5 Å². The van der Waals surface area contributed by atoms with Gasteiger partial charge in [-0.1, -0.05) is 0 Å². The van der Waals surface area contributed by atoms with Gasteiger partial charge in [-0.05, 0) is 0 Å². The van der Waals surface area contributed by atoms with E-state index in [1.165, 1.54) is 0 Å². The molecule has 0 amide bonds. The third-order valence-corrected chi connectivity index (χ3v) is 3.05. The topological polar surface area (TPSA) is 111 Å². The van der Waals surface area contributed by atoms with Gasteiger partial charge < -0.3 is 9.47 Å². The highest BCUT2D eigenvalue weighted by Gasteiger charge is 1.99. The molecular formula is C8H20N2O6S2. The number of hydrogen-bond acceptors (Lipinski definition) is 6. The van der Waals surface area contributed by atoms with Crippen LogP contribution < -0.4 is 9.44 Å². The molecule has 0 aromatic carbocycles. The van der Waals surface area contributed by atoms with Crippen LogP contribution in [0.2, 0.25) is 0 Å². The highest BCUT2D eigenvalue weighted by atomic mass is 32.2. The summed E-state index contributed by atoms with van der Waals surface area (Å²) in [6.07, 6.45) is 2.15. The molecule has 0 saturated heterocycles. The van der Waals surface area contributed by atoms with E-state index in [1.807, 2.05) is 0 Å². The van der Waals surface area contributed by atoms with E-state index < -0.39 is 20.0 Å². The van der Waals surface area contributed by atoms with E-state index in [-0.39, 0.29) is 26.3 Å². The first kappa shape index (κ1) is 17.7. The van der Waals surface area contributed by atoms with Crippen molar-refractivity contribution in [3.05, 3.63) is 0 Å². The SMILES string of the molecule is CS(=O)(=O)NCCOCCOCCNS(C)(=O)=O. The summed E-state index contributed by atoms with van der Waals surface area (Å²) in [5, 5.41) is 0. The maximum atomic E-state index is 10.7. The highest BCUT2D eigenvalue weighted by molar-refractivity contribution is 7.89. The van der Waals surface area contributed by atoms with Gasteiger partial charge in [-0.15, -0.1) is 0 Å². The van der Waals surface area contributed by atoms with Gasteiger partial charge in [0.1, 0.15) is 0 Å². The summed E-state index contributed by atoms with van der Waals surface area (Å²) in [7, 11) is -6.34. The van der Waals surface area contributed by atoms with Crippen molar-refractivity contribution in [2.24, 2.45) is 0 Å². The van der Waals surface area contributed by atoms with Crippen LogP contribution in [0.1, 0.15) is 0 Å². The molecule has 110 valence electrons. The summed E-state index contributed by atoms with van der Waals surface area (Å²) >= 11 is 0. The smallest absolute Gasteiger partial charge is 0.208 e. The Morgan fingerprint density at radius 3 is 1.33 bits per heavy atom. The number of ether oxygens (including phenoxy) is 2. The highest BCUT2D eigenvalue weighted by Crippen LogP contribution is 1.80. The van der Waals surface area contributed by atoms with E-state index in [0.717, 1.165) is 12.5 Å². The molecule has 0 heterocycles. The maximum absolute atomic E-state index is 10.7. The van der Waals surface area contributed by atoms with Crippen LogP contribution in [0.15, 0.2) is 0 Å². The number of sulfonamides is 2. The third kappa shape index (κ3) is 15.7. The number of nitrogens with one attached hydrogen (secondary N) is 2. The summed E-state index contributed by atoms with van der Waals surface area (Å²) < 4.78 is 57.4. The Morgan fingerprint density at radius 1 is 0.722 bits per heavy atom. The van der Waals surface area contributed by atoms with Gasteiger partial charge >= 0.3 is 0 Å². The molecule has 0 aliphatic carbocycles. The summed E-state index contributed by atoms with van der Waals surface area (Å²) in [6.45, 7) is 1.60. The minimum absolute atomic E-state index is 0.217. The second kappa shape index (κ2) is 8.77. The van der Waals surface area contributed by atoms with Crippen LogP contribution in [-0.4, -0.2) is 68.9 Å². The van der Waals surface area contributed by atoms with Crippen LogP contribution in [0.25, 0.3) is 0 Å². The first-order chi connectivity index (χ1) is 8.21. The Morgan fingerprint density at radius 2 is 1.06 bits per heavy atom. The average molecular weight is 304 g/mol. The van der Waals surface area contributed by atoms with E-state index in [0.29, 0.717) is 13.2 Å². The van der Waals surface area contributed by atoms with Crippen molar-refractivity contribution in [3.63, 3.8) is 0 Å². The van der Waals surface area contributed by atoms with Crippen LogP contribution in [0, 0.1) is 0 Å². The lowest BCUT2D eigenvalue weighted by atomic mass is 10.7. The molecule has 0 rings (SSSR count). The minimum Gasteiger partial charge on any atom is -0.378 e. The molecule has 0 aliphatic heterocycles. The van der Waals surface area contributed by atoms with Gasteiger partial charge in [0, 0.05) is 13.1 Å². The van der Waals surface area contributed by atoms with Crippen molar-refractivity contribution in [1.29, 1.82) is 0 Å². The molecule has 0 unspecified atom stereocenters. The number of rotatable bonds is 11. The minimum atomic E-state index is -3.17. The van der Waals surface area contributed by atoms with Crippen LogP contribution in [0.5, 0.6) is 0 Å². The quantitative estimate of drug-likeness (QED) is 0.432. The molecule has 10 heteroatoms. The molecule has 0 aliphatic rings. The van der Waals surface area contributed by atoms with Crippen molar-refractivity contribution >= 4 is 20.0 Å². The molecule has 18 heavy (non-hydrogen) atoms. The van der Waals surface area contributed by atoms with E-state index in [2.05, 4.69) is 9.44 Å². The lowest BCUT2D eigenvalue weighted by Gasteiger charge is -2.06. The Hall–Kier alpha value is -0.260. The van der Waals surface area contributed by atoms with Crippen molar-refractivity contribution in [2.75, 3.05) is 52.0 Å². The summed E-state index contributed by atoms with van der Waals surface area (Å²) in [6, 6.07) is 0. The predicted molar refractivity (Wildman–Crippen MR) is 67.3 cm³/mol. The summed E-state index contributed by atoms with van der Waals surface area (Å²) in [5.74, 6) is 0. The van der Waals surface area contributed by atoms with Crippen LogP contribution in [0.3, 0.4) is 0 Å². The average Bonchev–Trinajstić information content (AvgIpc) is 2.17. The normalized spacial score (nSPS) is 12.8. The molecule has 0 saturated carbocycles. The first-order valence-corrected chi connectivity index (χ1v) is 9.04. The zero-order valence-corrected chi connectivity index (χ0v) is 12.1. The van der Waals surface area contributed by atoms with Crippen molar-refractivity contribution in [3.8, 4) is 0 Å². The van der Waals surface area contributed by atoms with Gasteiger partial charge in [-0.2, -0.15) is 0 Å². The number of hydrogen-bond donors (Lipinski definition) is 2. The fourth-order valence-corrected chi connectivity index (χ4v) is 1.83. The largest absolute Gasteiger partial charge is 0.378 e. The molecule has 0 spiro atoms. The van der Waals surface area contributed by atoms with E-state index >= 15 is 0 Å². The summed E-state index contributed by atoms with van der Waals surface area (Å²) in [4.78, 5) is 0. The zero-order valence-electron chi connectivity index (χ0n) is 10.5. The Bertz CT molecular complexity index is 365. The molecule has 0 bridgehead atoms. The van der Waals surface area contributed by atoms with E-state index in [1.54, 1.807) is 0 Å². The molecule has 0 fully saturated rings. The van der Waals surface area contributed by atoms with Crippen molar-refractivity contribution < 1.29 is 26.3 Å². The van der Waals surface area contributed by atoms with Crippen molar-refractivity contribution in [1.82, 2.24) is 9.44 Å². The maximum Gasteiger partial charge on any atom is 0.208 e. The Balaban J connectivity index is 3.22. The standard InChI is InChI=1S/C8H20N2O6S2/c1-17(11,12)9-3-5-15-7-8-16-6-4-10-18(2,13)14/h9-10H,3-8H2,1-2H3. The Kier molecular flexibility index (Phi) is 8.65. The van der Waals surface area contributed by atoms with E-state index in [4.69, 9.17) is 9.47 Å². The van der Waals surface area contributed by atoms with Crippen molar-refractivity contribution in [2.45, 2.75) is 0 Å². The first-order valence-electron chi connectivity index (χ1n) is 5.25. The fourth-order valence-electron chi connectivity index (χ4n) is 0.920. The predicted octanol–water partition coefficient (Wildman–Crippen LogP) is -1.88. The third-order valence-electron chi connectivity index (χ3n) is 1.59. The second-order valence-corrected chi connectivity index (χ2v) is 7.22. The van der Waals surface area contributed by atoms with E-state index in [9.17, 15) is 16.8 Å². The van der Waals surface area contributed by atoms with Crippen LogP contribution >= 0.6 is 0 Å². The lowest BCUT2D eigenvalue weighted by Crippen LogP contribution is -2.27. The van der Waals surface area contributed by atoms with Gasteiger partial charge in [0.2, 0.25) is 20.0 Å². The Labute approximate surface area is 108 Å². The monoisotopic (exact) mass is 304 g/mol. The zero-order chi connectivity index (χ0) is 14.1. The van der Waals surface area contributed by atoms with Gasteiger partial charge in [0.25, 0.3) is 0 Å². The molecule has 0 atom stereocenters. The molecule has 0 aromatic rings. The van der Waals surface area contributed by atoms with Gasteiger partial charge in [0.15, 0.2) is 0 Å². The van der Waals surface area contributed by atoms with Gasteiger partial charge in [0.05, 0.1) is 38.9 Å². The second-order valence-electron chi connectivity index (χ2n) is 3.56. The fraction of sp³-hybridized carbons (Fsp3) is 1.00. The van der Waals surface area contributed by atoms with Crippen LogP contribution in [0.4, 0.5) is 0 Å². The van der Waals surface area contributed by atoms with Gasteiger partial charge in [-0.25, -0.2) is 26.3 Å². The van der Waals surface area contributed by atoms with Gasteiger partial charge in [-0.3, -0.25) is 0 Å². The molecule has 2 N–H and O–H groups in total. The molecule has 8 nitrogen and oxygen atoms in total. The lowest BCUT2D eigenvalue weighted by molar-refractivity contribution is 0.0523. The molecular weight excluding hydrogens is 284 g/mol. The molecule has 0 aromatic heterocycles. The molecule has 0 radical (unpaired) electrons. The summed E-state index contributed by atoms with van der Waals surface area (Å²) in [5.41, 5.74) is 0.